The van der Waals surface area contributed by atoms with Gasteiger partial charge in [0.15, 0.2) is 0 Å². The molecule has 0 fully saturated rings. The molecule has 8 heteroatoms. The summed E-state index contributed by atoms with van der Waals surface area (Å²) in [5.41, 5.74) is -0.0543. The number of aryl methyl sites for hydroxylation is 1. The van der Waals surface area contributed by atoms with Gasteiger partial charge in [0.25, 0.3) is 5.91 Å². The average Bonchev–Trinajstić information content (AvgIpc) is 2.71. The maximum Gasteiger partial charge on any atom is 0.416 e. The fourth-order valence-electron chi connectivity index (χ4n) is 1.56. The standard InChI is InChI=1S/C13H8BrClF3NOS/c1-6-5-21-11(10(6)15)12(20)19-9-4-7(13(16,17)18)2-3-8(9)14/h2-5H,1H3,(H,19,20). The van der Waals surface area contributed by atoms with Gasteiger partial charge in [0, 0.05) is 4.47 Å². The summed E-state index contributed by atoms with van der Waals surface area (Å²) in [7, 11) is 0. The summed E-state index contributed by atoms with van der Waals surface area (Å²) >= 11 is 10.2. The number of thiophene rings is 1. The van der Waals surface area contributed by atoms with E-state index in [4.69, 9.17) is 11.6 Å². The topological polar surface area (TPSA) is 29.1 Å². The maximum absolute atomic E-state index is 12.7. The average molecular weight is 399 g/mol. The fraction of sp³-hybridized carbons (Fsp3) is 0.154. The lowest BCUT2D eigenvalue weighted by molar-refractivity contribution is -0.137. The lowest BCUT2D eigenvalue weighted by Gasteiger charge is -2.11. The summed E-state index contributed by atoms with van der Waals surface area (Å²) in [6, 6.07) is 3.04. The van der Waals surface area contributed by atoms with Gasteiger partial charge in [-0.2, -0.15) is 13.2 Å². The van der Waals surface area contributed by atoms with Crippen molar-refractivity contribution in [2.45, 2.75) is 13.1 Å². The van der Waals surface area contributed by atoms with Gasteiger partial charge in [-0.1, -0.05) is 11.6 Å². The molecule has 1 aromatic heterocycles. The number of benzene rings is 1. The van der Waals surface area contributed by atoms with Crippen LogP contribution in [0.15, 0.2) is 28.1 Å². The van der Waals surface area contributed by atoms with E-state index in [1.165, 1.54) is 6.07 Å². The third-order valence-corrected chi connectivity index (χ3v) is 5.03. The van der Waals surface area contributed by atoms with Crippen LogP contribution in [0.2, 0.25) is 5.02 Å². The highest BCUT2D eigenvalue weighted by atomic mass is 79.9. The monoisotopic (exact) mass is 397 g/mol. The highest BCUT2D eigenvalue weighted by molar-refractivity contribution is 9.10. The number of rotatable bonds is 2. The van der Waals surface area contributed by atoms with Gasteiger partial charge in [-0.05, 0) is 52.0 Å². The first-order valence-corrected chi connectivity index (χ1v) is 7.67. The van der Waals surface area contributed by atoms with Crippen molar-refractivity contribution in [1.82, 2.24) is 0 Å². The van der Waals surface area contributed by atoms with Crippen LogP contribution in [0.1, 0.15) is 20.8 Å². The zero-order valence-corrected chi connectivity index (χ0v) is 13.7. The van der Waals surface area contributed by atoms with Crippen LogP contribution in [-0.2, 0) is 6.18 Å². The van der Waals surface area contributed by atoms with E-state index in [-0.39, 0.29) is 10.6 Å². The molecule has 0 bridgehead atoms. The molecule has 1 amide bonds. The van der Waals surface area contributed by atoms with Crippen LogP contribution in [0.25, 0.3) is 0 Å². The number of carbonyl (C=O) groups excluding carboxylic acids is 1. The molecule has 21 heavy (non-hydrogen) atoms. The first-order chi connectivity index (χ1) is 9.70. The first-order valence-electron chi connectivity index (χ1n) is 5.62. The molecule has 0 radical (unpaired) electrons. The van der Waals surface area contributed by atoms with Crippen molar-refractivity contribution in [2.75, 3.05) is 5.32 Å². The van der Waals surface area contributed by atoms with Crippen molar-refractivity contribution >= 4 is 50.5 Å². The molecule has 1 N–H and O–H groups in total. The van der Waals surface area contributed by atoms with Crippen LogP contribution < -0.4 is 5.32 Å². The molecular formula is C13H8BrClF3NOS. The van der Waals surface area contributed by atoms with Gasteiger partial charge in [0.2, 0.25) is 0 Å². The van der Waals surface area contributed by atoms with E-state index >= 15 is 0 Å². The third-order valence-electron chi connectivity index (χ3n) is 2.65. The number of nitrogens with one attached hydrogen (secondary N) is 1. The molecule has 2 aromatic rings. The second-order valence-corrected chi connectivity index (χ2v) is 6.32. The Kier molecular flexibility index (Phi) is 4.65. The van der Waals surface area contributed by atoms with E-state index in [1.54, 1.807) is 12.3 Å². The Hall–Kier alpha value is -1.05. The molecule has 112 valence electrons. The van der Waals surface area contributed by atoms with Gasteiger partial charge in [-0.15, -0.1) is 11.3 Å². The lowest BCUT2D eigenvalue weighted by Crippen LogP contribution is -2.13. The predicted molar refractivity (Wildman–Crippen MR) is 81.2 cm³/mol. The highest BCUT2D eigenvalue weighted by Crippen LogP contribution is 2.35. The Morgan fingerprint density at radius 3 is 2.57 bits per heavy atom. The van der Waals surface area contributed by atoms with Crippen LogP contribution >= 0.6 is 38.9 Å². The second kappa shape index (κ2) is 5.98. The fourth-order valence-corrected chi connectivity index (χ4v) is 3.08. The van der Waals surface area contributed by atoms with Crippen molar-refractivity contribution < 1.29 is 18.0 Å². The summed E-state index contributed by atoms with van der Waals surface area (Å²) in [4.78, 5) is 12.3. The number of carbonyl (C=O) groups is 1. The Morgan fingerprint density at radius 2 is 2.05 bits per heavy atom. The molecule has 0 unspecified atom stereocenters. The van der Waals surface area contributed by atoms with Gasteiger partial charge >= 0.3 is 6.18 Å². The molecule has 0 atom stereocenters. The van der Waals surface area contributed by atoms with Gasteiger partial charge in [-0.25, -0.2) is 0 Å². The van der Waals surface area contributed by atoms with Crippen molar-refractivity contribution in [3.63, 3.8) is 0 Å². The minimum Gasteiger partial charge on any atom is -0.320 e. The molecule has 0 aliphatic heterocycles. The van der Waals surface area contributed by atoms with Crippen molar-refractivity contribution in [2.24, 2.45) is 0 Å². The molecule has 1 aromatic carbocycles. The van der Waals surface area contributed by atoms with E-state index < -0.39 is 17.6 Å². The first kappa shape index (κ1) is 16.3. The van der Waals surface area contributed by atoms with E-state index in [0.717, 1.165) is 29.0 Å². The molecule has 0 saturated heterocycles. The Labute approximate surface area is 136 Å². The SMILES string of the molecule is Cc1csc(C(=O)Nc2cc(C(F)(F)F)ccc2Br)c1Cl. The number of amides is 1. The second-order valence-electron chi connectivity index (χ2n) is 4.21. The Bertz CT molecular complexity index is 699. The number of hydrogen-bond acceptors (Lipinski definition) is 2. The number of alkyl halides is 3. The summed E-state index contributed by atoms with van der Waals surface area (Å²) in [6.07, 6.45) is -4.47. The van der Waals surface area contributed by atoms with Crippen LogP contribution in [-0.4, -0.2) is 5.91 Å². The molecule has 0 aliphatic rings. The Morgan fingerprint density at radius 1 is 1.38 bits per heavy atom. The molecule has 0 saturated carbocycles. The predicted octanol–water partition coefficient (Wildman–Crippen LogP) is 5.74. The van der Waals surface area contributed by atoms with E-state index in [2.05, 4.69) is 21.2 Å². The zero-order chi connectivity index (χ0) is 15.8. The van der Waals surface area contributed by atoms with Gasteiger partial charge in [0.1, 0.15) is 4.88 Å². The molecule has 1 heterocycles. The normalized spacial score (nSPS) is 11.5. The highest BCUT2D eigenvalue weighted by Gasteiger charge is 2.31. The summed E-state index contributed by atoms with van der Waals surface area (Å²) in [5.74, 6) is -0.543. The van der Waals surface area contributed by atoms with Crippen molar-refractivity contribution in [3.8, 4) is 0 Å². The quantitative estimate of drug-likeness (QED) is 0.686. The molecule has 0 aliphatic carbocycles. The minimum absolute atomic E-state index is 0.0388. The number of hydrogen-bond donors (Lipinski definition) is 1. The smallest absolute Gasteiger partial charge is 0.320 e. The van der Waals surface area contributed by atoms with Crippen LogP contribution in [0.5, 0.6) is 0 Å². The molecule has 2 nitrogen and oxygen atoms in total. The summed E-state index contributed by atoms with van der Waals surface area (Å²) in [5, 5.41) is 4.45. The van der Waals surface area contributed by atoms with Crippen molar-refractivity contribution in [1.29, 1.82) is 0 Å². The summed E-state index contributed by atoms with van der Waals surface area (Å²) < 4.78 is 38.4. The minimum atomic E-state index is -4.47. The van der Waals surface area contributed by atoms with Crippen LogP contribution in [0.3, 0.4) is 0 Å². The molecule has 0 spiro atoms. The van der Waals surface area contributed by atoms with Gasteiger partial charge in [-0.3, -0.25) is 4.79 Å². The molecule has 2 rings (SSSR count). The van der Waals surface area contributed by atoms with Gasteiger partial charge in [0.05, 0.1) is 16.3 Å². The van der Waals surface area contributed by atoms with E-state index in [1.807, 2.05) is 0 Å². The van der Waals surface area contributed by atoms with Crippen molar-refractivity contribution in [3.05, 3.63) is 49.1 Å². The maximum atomic E-state index is 12.7. The van der Waals surface area contributed by atoms with Gasteiger partial charge < -0.3 is 5.32 Å². The number of halogens is 5. The summed E-state index contributed by atoms with van der Waals surface area (Å²) in [6.45, 7) is 1.75. The molecular weight excluding hydrogens is 391 g/mol. The van der Waals surface area contributed by atoms with Crippen LogP contribution in [0, 0.1) is 6.92 Å². The zero-order valence-electron chi connectivity index (χ0n) is 10.5. The third kappa shape index (κ3) is 3.59. The number of anilines is 1. The Balaban J connectivity index is 2.31. The van der Waals surface area contributed by atoms with E-state index in [9.17, 15) is 18.0 Å². The van der Waals surface area contributed by atoms with E-state index in [0.29, 0.717) is 9.50 Å². The lowest BCUT2D eigenvalue weighted by atomic mass is 10.2. The van der Waals surface area contributed by atoms with Crippen LogP contribution in [0.4, 0.5) is 18.9 Å². The largest absolute Gasteiger partial charge is 0.416 e.